The van der Waals surface area contributed by atoms with Gasteiger partial charge in [-0.3, -0.25) is 0 Å². The van der Waals surface area contributed by atoms with Crippen LogP contribution < -0.4 is 24.4 Å². The minimum Gasteiger partial charge on any atom is -0.392 e. The van der Waals surface area contributed by atoms with E-state index in [9.17, 15) is 5.11 Å². The van der Waals surface area contributed by atoms with Crippen LogP contribution in [0.3, 0.4) is 0 Å². The summed E-state index contributed by atoms with van der Waals surface area (Å²) in [5.74, 6) is 2.19. The maximum absolute atomic E-state index is 9.97. The van der Waals surface area contributed by atoms with Crippen molar-refractivity contribution in [1.29, 1.82) is 0 Å². The van der Waals surface area contributed by atoms with Gasteiger partial charge in [0.05, 0.1) is 0 Å². The second-order valence-electron chi connectivity index (χ2n) is 7.89. The minimum atomic E-state index is -0.0327. The van der Waals surface area contributed by atoms with Crippen molar-refractivity contribution in [2.24, 2.45) is 0 Å². The van der Waals surface area contributed by atoms with Crippen molar-refractivity contribution in [2.75, 3.05) is 0 Å². The second kappa shape index (κ2) is 10.1. The number of hydrogen-bond acceptors (Lipinski definition) is 3. The van der Waals surface area contributed by atoms with Gasteiger partial charge in [-0.1, -0.05) is 6.07 Å². The Morgan fingerprint density at radius 3 is 2.53 bits per heavy atom. The molecule has 0 saturated heterocycles. The maximum atomic E-state index is 9.97. The molecule has 0 spiro atoms. The van der Waals surface area contributed by atoms with E-state index in [2.05, 4.69) is 36.9 Å². The van der Waals surface area contributed by atoms with Gasteiger partial charge in [0.2, 0.25) is 0 Å². The molecule has 0 unspecified atom stereocenters. The molecule has 4 heteroatoms. The van der Waals surface area contributed by atoms with Gasteiger partial charge in [0.1, 0.15) is 0 Å². The predicted octanol–water partition coefficient (Wildman–Crippen LogP) is 4.28. The molecule has 5 rings (SSSR count). The zero-order valence-electron chi connectivity index (χ0n) is 18.6. The molecule has 1 heterocycles. The van der Waals surface area contributed by atoms with Gasteiger partial charge < -0.3 is 5.11 Å². The number of rotatable bonds is 7. The summed E-state index contributed by atoms with van der Waals surface area (Å²) >= 11 is 0.389. The molecule has 4 aromatic rings. The molecule has 0 aliphatic carbocycles. The van der Waals surface area contributed by atoms with Gasteiger partial charge in [0.25, 0.3) is 0 Å². The Bertz CT molecular complexity index is 1460. The number of benzene rings is 4. The molecule has 0 amide bonds. The van der Waals surface area contributed by atoms with Gasteiger partial charge in [0.15, 0.2) is 0 Å². The summed E-state index contributed by atoms with van der Waals surface area (Å²) in [6, 6.07) is 30.3. The number of hydrogen-bond donors (Lipinski definition) is 1. The summed E-state index contributed by atoms with van der Waals surface area (Å²) < 4.78 is 13.6. The molecule has 0 atom stereocenters. The summed E-state index contributed by atoms with van der Waals surface area (Å²) in [5, 5.41) is 12.8. The molecule has 0 fully saturated rings. The van der Waals surface area contributed by atoms with E-state index in [-0.39, 0.29) is 6.61 Å². The van der Waals surface area contributed by atoms with Gasteiger partial charge in [-0.25, -0.2) is 0 Å². The second-order valence-corrected chi connectivity index (χ2v) is 10.2. The molecule has 1 aliphatic heterocycles. The molecule has 0 bridgehead atoms. The van der Waals surface area contributed by atoms with Crippen LogP contribution in [0.5, 0.6) is 17.2 Å². The zero-order valence-corrected chi connectivity index (χ0v) is 20.3. The Kier molecular flexibility index (Phi) is 6.64. The average Bonchev–Trinajstić information content (AvgIpc) is 2.87. The molecule has 4 aromatic carbocycles. The van der Waals surface area contributed by atoms with E-state index in [4.69, 9.17) is 9.47 Å². The standard InChI is InChI=1S/C30H24O3Se/c1-21-12-14-26-28(18-21)33-29-19-23(32-16-7-17-34-24-9-3-2-4-10-24)13-15-27(29)30(26)25-11-6-5-8-22(25)20-31/h2-16,18-19,31H,1,17,20H2/b16-7+. The summed E-state index contributed by atoms with van der Waals surface area (Å²) in [5.41, 5.74) is 3.87. The molecule has 168 valence electrons. The molecule has 34 heavy (non-hydrogen) atoms. The summed E-state index contributed by atoms with van der Waals surface area (Å²) in [7, 11) is 0. The fraction of sp³-hybridized carbons (Fsp3) is 0.0667. The van der Waals surface area contributed by atoms with Gasteiger partial charge in [-0.15, -0.1) is 0 Å². The Balaban J connectivity index is 1.45. The number of ether oxygens (including phenoxy) is 2. The van der Waals surface area contributed by atoms with Gasteiger partial charge in [0, 0.05) is 0 Å². The van der Waals surface area contributed by atoms with Crippen molar-refractivity contribution in [3.05, 3.63) is 130 Å². The van der Waals surface area contributed by atoms with E-state index in [1.54, 1.807) is 6.26 Å². The van der Waals surface area contributed by atoms with Crippen molar-refractivity contribution in [3.63, 3.8) is 0 Å². The quantitative estimate of drug-likeness (QED) is 0.262. The van der Waals surface area contributed by atoms with Crippen LogP contribution in [0.15, 0.2) is 103 Å². The van der Waals surface area contributed by atoms with E-state index in [1.165, 1.54) is 4.46 Å². The van der Waals surface area contributed by atoms with E-state index < -0.39 is 0 Å². The Morgan fingerprint density at radius 1 is 0.853 bits per heavy atom. The number of fused-ring (bicyclic) bond motifs is 2. The van der Waals surface area contributed by atoms with Crippen molar-refractivity contribution in [2.45, 2.75) is 11.9 Å². The zero-order chi connectivity index (χ0) is 23.3. The predicted molar refractivity (Wildman–Crippen MR) is 138 cm³/mol. The van der Waals surface area contributed by atoms with Crippen molar-refractivity contribution in [1.82, 2.24) is 0 Å². The van der Waals surface area contributed by atoms with Crippen LogP contribution in [-0.2, 0) is 6.61 Å². The number of aliphatic hydroxyl groups excluding tert-OH is 1. The third kappa shape index (κ3) is 4.71. The monoisotopic (exact) mass is 512 g/mol. The fourth-order valence-corrected chi connectivity index (χ4v) is 5.51. The van der Waals surface area contributed by atoms with E-state index in [0.717, 1.165) is 49.5 Å². The first-order valence-electron chi connectivity index (χ1n) is 11.1. The van der Waals surface area contributed by atoms with Gasteiger partial charge in [-0.2, -0.15) is 0 Å². The fourth-order valence-electron chi connectivity index (χ4n) is 4.01. The first kappa shape index (κ1) is 22.2. The smallest absolute Gasteiger partial charge is 0.392 e. The molecule has 1 N–H and O–H groups in total. The third-order valence-corrected chi connectivity index (χ3v) is 7.63. The Labute approximate surface area is 205 Å². The van der Waals surface area contributed by atoms with Crippen LogP contribution in [0.2, 0.25) is 5.32 Å². The van der Waals surface area contributed by atoms with Crippen molar-refractivity contribution in [3.8, 4) is 17.2 Å². The summed E-state index contributed by atoms with van der Waals surface area (Å²) in [6.45, 7) is 4.02. The SMILES string of the molecule is C=c1ccc2c(c1)Oc1cc(O/C=C/C[Se]c3ccccc3)ccc1C=2c1ccccc1CO. The molecule has 1 aliphatic rings. The number of allylic oxidation sites excluding steroid dienone is 1. The topological polar surface area (TPSA) is 38.7 Å². The summed E-state index contributed by atoms with van der Waals surface area (Å²) in [6.07, 6.45) is 3.82. The van der Waals surface area contributed by atoms with Crippen LogP contribution in [0.1, 0.15) is 16.7 Å². The van der Waals surface area contributed by atoms with Crippen LogP contribution in [0, 0.1) is 0 Å². The molecule has 0 radical (unpaired) electrons. The van der Waals surface area contributed by atoms with Crippen LogP contribution in [-0.4, -0.2) is 20.1 Å². The summed E-state index contributed by atoms with van der Waals surface area (Å²) in [4.78, 5) is 0. The molecule has 3 nitrogen and oxygen atoms in total. The molecular formula is C30H24O3Se. The normalized spacial score (nSPS) is 12.2. The average molecular weight is 511 g/mol. The van der Waals surface area contributed by atoms with Crippen LogP contribution in [0.4, 0.5) is 0 Å². The van der Waals surface area contributed by atoms with E-state index in [1.807, 2.05) is 66.7 Å². The van der Waals surface area contributed by atoms with Gasteiger partial charge in [-0.05, 0) is 0 Å². The van der Waals surface area contributed by atoms with E-state index >= 15 is 0 Å². The van der Waals surface area contributed by atoms with Gasteiger partial charge >= 0.3 is 195 Å². The minimum absolute atomic E-state index is 0.0327. The molecule has 0 saturated carbocycles. The van der Waals surface area contributed by atoms with Crippen LogP contribution in [0.25, 0.3) is 12.2 Å². The molecular weight excluding hydrogens is 487 g/mol. The number of aliphatic hydroxyl groups is 1. The first-order chi connectivity index (χ1) is 16.7. The van der Waals surface area contributed by atoms with Crippen molar-refractivity contribution < 1.29 is 14.6 Å². The Morgan fingerprint density at radius 2 is 1.68 bits per heavy atom. The van der Waals surface area contributed by atoms with Crippen LogP contribution >= 0.6 is 0 Å². The molecule has 0 aromatic heterocycles. The van der Waals surface area contributed by atoms with Crippen molar-refractivity contribution >= 4 is 31.6 Å². The third-order valence-electron chi connectivity index (χ3n) is 5.60. The first-order valence-corrected chi connectivity index (χ1v) is 13.1. The Hall–Kier alpha value is -3.56. The van der Waals surface area contributed by atoms with E-state index in [0.29, 0.717) is 20.7 Å².